The molecule has 3 aromatic rings. The van der Waals surface area contributed by atoms with Gasteiger partial charge in [0.25, 0.3) is 5.56 Å². The molecule has 0 saturated carbocycles. The third kappa shape index (κ3) is 4.36. The number of hydrogen-bond acceptors (Lipinski definition) is 6. The lowest BCUT2D eigenvalue weighted by molar-refractivity contribution is -0.151. The first-order chi connectivity index (χ1) is 13.3. The molecule has 146 valence electrons. The Morgan fingerprint density at radius 1 is 1.11 bits per heavy atom. The molecule has 1 aromatic heterocycles. The van der Waals surface area contributed by atoms with Crippen LogP contribution in [0.4, 0.5) is 0 Å². The molecule has 0 bridgehead atoms. The Hall–Kier alpha value is -2.80. The van der Waals surface area contributed by atoms with Crippen molar-refractivity contribution >= 4 is 28.6 Å². The largest absolute Gasteiger partial charge is 0.495 e. The number of benzene rings is 2. The van der Waals surface area contributed by atoms with Gasteiger partial charge in [0.1, 0.15) is 11.4 Å². The smallest absolute Gasteiger partial charge is 0.316 e. The third-order valence-electron chi connectivity index (χ3n) is 3.81. The van der Waals surface area contributed by atoms with Crippen LogP contribution in [0.25, 0.3) is 16.6 Å². The van der Waals surface area contributed by atoms with E-state index in [1.807, 2.05) is 39.0 Å². The van der Waals surface area contributed by atoms with E-state index >= 15 is 0 Å². The maximum Gasteiger partial charge on any atom is 0.316 e. The van der Waals surface area contributed by atoms with E-state index in [-0.39, 0.29) is 17.3 Å². The van der Waals surface area contributed by atoms with Crippen molar-refractivity contribution in [3.8, 4) is 11.4 Å². The van der Waals surface area contributed by atoms with E-state index in [0.717, 1.165) is 11.8 Å². The number of rotatable bonds is 5. The van der Waals surface area contributed by atoms with E-state index in [1.165, 1.54) is 4.57 Å². The topological polar surface area (TPSA) is 70.4 Å². The second-order valence-corrected chi connectivity index (χ2v) is 8.04. The summed E-state index contributed by atoms with van der Waals surface area (Å²) in [5, 5.41) is 0.897. The Balaban J connectivity index is 2.10. The maximum absolute atomic E-state index is 13.2. The fraction of sp³-hybridized carbons (Fsp3) is 0.286. The van der Waals surface area contributed by atoms with E-state index in [2.05, 4.69) is 4.98 Å². The van der Waals surface area contributed by atoms with Crippen LogP contribution in [0.3, 0.4) is 0 Å². The van der Waals surface area contributed by atoms with Gasteiger partial charge in [-0.2, -0.15) is 0 Å². The van der Waals surface area contributed by atoms with Crippen LogP contribution >= 0.6 is 11.8 Å². The van der Waals surface area contributed by atoms with Crippen LogP contribution in [-0.4, -0.2) is 34.0 Å². The van der Waals surface area contributed by atoms with Crippen molar-refractivity contribution in [3.63, 3.8) is 0 Å². The van der Waals surface area contributed by atoms with Crippen molar-refractivity contribution < 1.29 is 14.3 Å². The number of carbonyl (C=O) groups is 1. The summed E-state index contributed by atoms with van der Waals surface area (Å²) in [6.45, 7) is 5.44. The molecule has 1 heterocycles. The van der Waals surface area contributed by atoms with Gasteiger partial charge in [0, 0.05) is 0 Å². The molecule has 0 aliphatic heterocycles. The van der Waals surface area contributed by atoms with Crippen LogP contribution in [0.5, 0.6) is 5.75 Å². The summed E-state index contributed by atoms with van der Waals surface area (Å²) >= 11 is 1.16. The summed E-state index contributed by atoms with van der Waals surface area (Å²) in [5.74, 6) is 0.212. The van der Waals surface area contributed by atoms with Gasteiger partial charge in [-0.1, -0.05) is 36.0 Å². The number of hydrogen-bond donors (Lipinski definition) is 0. The number of thioether (sulfide) groups is 1. The van der Waals surface area contributed by atoms with E-state index in [4.69, 9.17) is 9.47 Å². The highest BCUT2D eigenvalue weighted by molar-refractivity contribution is 7.99. The SMILES string of the molecule is COc1ccccc1-n1c(SCC(=O)OC(C)(C)C)nc2ccccc2c1=O. The predicted octanol–water partition coefficient (Wildman–Crippen LogP) is 3.83. The van der Waals surface area contributed by atoms with Crippen molar-refractivity contribution in [1.82, 2.24) is 9.55 Å². The lowest BCUT2D eigenvalue weighted by Gasteiger charge is -2.20. The molecule has 2 aromatic carbocycles. The quantitative estimate of drug-likeness (QED) is 0.370. The van der Waals surface area contributed by atoms with Gasteiger partial charge in [-0.05, 0) is 45.0 Å². The van der Waals surface area contributed by atoms with Crippen molar-refractivity contribution in [3.05, 3.63) is 58.9 Å². The molecule has 0 N–H and O–H groups in total. The maximum atomic E-state index is 13.2. The summed E-state index contributed by atoms with van der Waals surface area (Å²) in [6, 6.07) is 14.3. The van der Waals surface area contributed by atoms with Gasteiger partial charge in [-0.3, -0.25) is 14.2 Å². The van der Waals surface area contributed by atoms with Gasteiger partial charge >= 0.3 is 5.97 Å². The van der Waals surface area contributed by atoms with Crippen LogP contribution in [0.15, 0.2) is 58.5 Å². The van der Waals surface area contributed by atoms with Crippen molar-refractivity contribution in [2.75, 3.05) is 12.9 Å². The van der Waals surface area contributed by atoms with E-state index in [0.29, 0.717) is 27.5 Å². The Morgan fingerprint density at radius 2 is 1.79 bits per heavy atom. The van der Waals surface area contributed by atoms with Crippen LogP contribution in [0.1, 0.15) is 20.8 Å². The molecule has 0 saturated heterocycles. The molecule has 0 aliphatic rings. The Labute approximate surface area is 167 Å². The number of methoxy groups -OCH3 is 1. The fourth-order valence-electron chi connectivity index (χ4n) is 2.73. The highest BCUT2D eigenvalue weighted by Gasteiger charge is 2.20. The molecular weight excluding hydrogens is 376 g/mol. The van der Waals surface area contributed by atoms with Crippen molar-refractivity contribution in [2.24, 2.45) is 0 Å². The third-order valence-corrected chi connectivity index (χ3v) is 4.72. The second kappa shape index (κ2) is 8.06. The van der Waals surface area contributed by atoms with Crippen LogP contribution < -0.4 is 10.3 Å². The molecule has 6 nitrogen and oxygen atoms in total. The van der Waals surface area contributed by atoms with E-state index in [9.17, 15) is 9.59 Å². The summed E-state index contributed by atoms with van der Waals surface area (Å²) in [5.41, 5.74) is 0.351. The number of esters is 1. The molecule has 0 atom stereocenters. The first-order valence-corrected chi connectivity index (χ1v) is 9.78. The van der Waals surface area contributed by atoms with Gasteiger partial charge in [0.2, 0.25) is 0 Å². The van der Waals surface area contributed by atoms with E-state index < -0.39 is 5.60 Å². The number of fused-ring (bicyclic) bond motifs is 1. The molecule has 0 unspecified atom stereocenters. The van der Waals surface area contributed by atoms with Gasteiger partial charge in [0.15, 0.2) is 5.16 Å². The zero-order valence-electron chi connectivity index (χ0n) is 16.3. The first kappa shape index (κ1) is 19.9. The summed E-state index contributed by atoms with van der Waals surface area (Å²) in [4.78, 5) is 30.0. The monoisotopic (exact) mass is 398 g/mol. The van der Waals surface area contributed by atoms with Crippen LogP contribution in [0, 0.1) is 0 Å². The minimum absolute atomic E-state index is 0.0389. The van der Waals surface area contributed by atoms with Crippen LogP contribution in [-0.2, 0) is 9.53 Å². The molecule has 3 rings (SSSR count). The van der Waals surface area contributed by atoms with Gasteiger partial charge < -0.3 is 9.47 Å². The normalized spacial score (nSPS) is 11.4. The van der Waals surface area contributed by atoms with Gasteiger partial charge in [-0.15, -0.1) is 0 Å². The minimum atomic E-state index is -0.573. The summed E-state index contributed by atoms with van der Waals surface area (Å²) < 4.78 is 12.3. The minimum Gasteiger partial charge on any atom is -0.495 e. The second-order valence-electron chi connectivity index (χ2n) is 7.10. The summed E-state index contributed by atoms with van der Waals surface area (Å²) in [6.07, 6.45) is 0. The average Bonchev–Trinajstić information content (AvgIpc) is 2.65. The molecule has 0 aliphatic carbocycles. The molecule has 7 heteroatoms. The molecule has 0 spiro atoms. The lowest BCUT2D eigenvalue weighted by atomic mass is 10.2. The number of para-hydroxylation sites is 3. The first-order valence-electron chi connectivity index (χ1n) is 8.80. The number of aromatic nitrogens is 2. The molecule has 28 heavy (non-hydrogen) atoms. The number of nitrogens with zero attached hydrogens (tertiary/aromatic N) is 2. The number of carbonyl (C=O) groups excluding carboxylic acids is 1. The molecule has 0 radical (unpaired) electrons. The highest BCUT2D eigenvalue weighted by atomic mass is 32.2. The molecule has 0 amide bonds. The summed E-state index contributed by atoms with van der Waals surface area (Å²) in [7, 11) is 1.55. The van der Waals surface area contributed by atoms with Crippen molar-refractivity contribution in [1.29, 1.82) is 0 Å². The Kier molecular flexibility index (Phi) is 5.74. The standard InChI is InChI=1S/C21H22N2O4S/c1-21(2,3)27-18(24)13-28-20-22-15-10-6-5-9-14(15)19(25)23(20)16-11-7-8-12-17(16)26-4/h5-12H,13H2,1-4H3. The zero-order valence-corrected chi connectivity index (χ0v) is 17.1. The van der Waals surface area contributed by atoms with Crippen LogP contribution in [0.2, 0.25) is 0 Å². The van der Waals surface area contributed by atoms with E-state index in [1.54, 1.807) is 37.4 Å². The molecular formula is C21H22N2O4S. The Morgan fingerprint density at radius 3 is 2.50 bits per heavy atom. The zero-order chi connectivity index (χ0) is 20.3. The lowest BCUT2D eigenvalue weighted by Crippen LogP contribution is -2.26. The predicted molar refractivity (Wildman–Crippen MR) is 110 cm³/mol. The fourth-order valence-corrected chi connectivity index (χ4v) is 3.51. The average molecular weight is 398 g/mol. The van der Waals surface area contributed by atoms with Gasteiger partial charge in [-0.25, -0.2) is 4.98 Å². The highest BCUT2D eigenvalue weighted by Crippen LogP contribution is 2.27. The molecule has 0 fully saturated rings. The van der Waals surface area contributed by atoms with Gasteiger partial charge in [0.05, 0.1) is 29.5 Å². The Bertz CT molecular complexity index is 1070. The number of ether oxygens (including phenoxy) is 2. The van der Waals surface area contributed by atoms with Crippen molar-refractivity contribution in [2.45, 2.75) is 31.5 Å².